The number of hydrogen-bond donors (Lipinski definition) is 1. The first-order valence-electron chi connectivity index (χ1n) is 10.8. The molecule has 10 heteroatoms. The van der Waals surface area contributed by atoms with Crippen LogP contribution >= 0.6 is 0 Å². The van der Waals surface area contributed by atoms with Gasteiger partial charge in [-0.2, -0.15) is 0 Å². The molecule has 1 saturated heterocycles. The van der Waals surface area contributed by atoms with Gasteiger partial charge in [-0.1, -0.05) is 26.2 Å². The number of carbonyl (C=O) groups is 3. The van der Waals surface area contributed by atoms with E-state index in [1.54, 1.807) is 17.0 Å². The molecule has 1 aliphatic carbocycles. The Morgan fingerprint density at radius 3 is 2.77 bits per heavy atom. The standard InChI is InChI=1S/C21H27N5O5/c1-2-11-25(14-16-23-24-18(31-16)15-7-6-13-30-15)17(27)8-12-26-19(28)21(22-20(26)29)9-4-3-5-10-21/h6-7,13H,2-5,8-12,14H2,1H3,(H,22,29). The molecule has 2 fully saturated rings. The van der Waals surface area contributed by atoms with Crippen LogP contribution in [0.4, 0.5) is 4.79 Å². The minimum atomic E-state index is -0.770. The minimum Gasteiger partial charge on any atom is -0.459 e. The van der Waals surface area contributed by atoms with Crippen molar-refractivity contribution in [1.82, 2.24) is 25.3 Å². The van der Waals surface area contributed by atoms with Gasteiger partial charge >= 0.3 is 6.03 Å². The Morgan fingerprint density at radius 2 is 2.06 bits per heavy atom. The lowest BCUT2D eigenvalue weighted by Gasteiger charge is -2.30. The van der Waals surface area contributed by atoms with Gasteiger partial charge in [0.2, 0.25) is 11.8 Å². The number of carbonyl (C=O) groups excluding carboxylic acids is 3. The molecule has 4 rings (SSSR count). The van der Waals surface area contributed by atoms with Crippen LogP contribution in [0.15, 0.2) is 27.2 Å². The van der Waals surface area contributed by atoms with Crippen molar-refractivity contribution in [2.75, 3.05) is 13.1 Å². The fourth-order valence-corrected chi connectivity index (χ4v) is 4.28. The minimum absolute atomic E-state index is 0.0500. The van der Waals surface area contributed by atoms with Crippen LogP contribution in [-0.2, 0) is 16.1 Å². The highest BCUT2D eigenvalue weighted by molar-refractivity contribution is 6.07. The van der Waals surface area contributed by atoms with E-state index < -0.39 is 11.6 Å². The fraction of sp³-hybridized carbons (Fsp3) is 0.571. The van der Waals surface area contributed by atoms with Crippen molar-refractivity contribution in [3.63, 3.8) is 0 Å². The Kier molecular flexibility index (Phi) is 6.06. The average molecular weight is 429 g/mol. The number of aromatic nitrogens is 2. The molecule has 10 nitrogen and oxygen atoms in total. The molecule has 4 amide bonds. The lowest BCUT2D eigenvalue weighted by molar-refractivity contribution is -0.134. The molecular formula is C21H27N5O5. The summed E-state index contributed by atoms with van der Waals surface area (Å²) < 4.78 is 10.8. The van der Waals surface area contributed by atoms with Crippen molar-refractivity contribution in [3.05, 3.63) is 24.3 Å². The normalized spacial score (nSPS) is 17.9. The van der Waals surface area contributed by atoms with Crippen LogP contribution in [0.5, 0.6) is 0 Å². The Hall–Kier alpha value is -3.17. The summed E-state index contributed by atoms with van der Waals surface area (Å²) in [5, 5.41) is 10.8. The van der Waals surface area contributed by atoms with Crippen LogP contribution in [0, 0.1) is 0 Å². The lowest BCUT2D eigenvalue weighted by Crippen LogP contribution is -2.48. The number of hydrogen-bond acceptors (Lipinski definition) is 7. The topological polar surface area (TPSA) is 122 Å². The summed E-state index contributed by atoms with van der Waals surface area (Å²) in [6, 6.07) is 3.03. The van der Waals surface area contributed by atoms with Gasteiger partial charge in [-0.3, -0.25) is 14.5 Å². The van der Waals surface area contributed by atoms with Crippen LogP contribution in [0.2, 0.25) is 0 Å². The zero-order valence-electron chi connectivity index (χ0n) is 17.6. The average Bonchev–Trinajstić information content (AvgIpc) is 3.49. The first kappa shape index (κ1) is 21.1. The summed E-state index contributed by atoms with van der Waals surface area (Å²) in [6.07, 6.45) is 6.57. The van der Waals surface area contributed by atoms with E-state index in [1.807, 2.05) is 6.92 Å². The maximum absolute atomic E-state index is 12.9. The highest BCUT2D eigenvalue weighted by Gasteiger charge is 2.51. The van der Waals surface area contributed by atoms with E-state index in [9.17, 15) is 14.4 Å². The first-order chi connectivity index (χ1) is 15.0. The molecule has 0 unspecified atom stereocenters. The Bertz CT molecular complexity index is 932. The molecule has 3 heterocycles. The van der Waals surface area contributed by atoms with Crippen molar-refractivity contribution in [3.8, 4) is 11.7 Å². The second-order valence-corrected chi connectivity index (χ2v) is 8.07. The van der Waals surface area contributed by atoms with E-state index >= 15 is 0 Å². The molecule has 1 N–H and O–H groups in total. The van der Waals surface area contributed by atoms with Crippen molar-refractivity contribution < 1.29 is 23.2 Å². The quantitative estimate of drug-likeness (QED) is 0.640. The largest absolute Gasteiger partial charge is 0.459 e. The monoisotopic (exact) mass is 429 g/mol. The molecule has 1 spiro atoms. The van der Waals surface area contributed by atoms with Crippen LogP contribution in [-0.4, -0.2) is 56.5 Å². The third-order valence-corrected chi connectivity index (χ3v) is 5.87. The van der Waals surface area contributed by atoms with Gasteiger partial charge in [-0.25, -0.2) is 4.79 Å². The van der Waals surface area contributed by atoms with Crippen molar-refractivity contribution in [2.24, 2.45) is 0 Å². The van der Waals surface area contributed by atoms with E-state index in [2.05, 4.69) is 15.5 Å². The van der Waals surface area contributed by atoms with Gasteiger partial charge in [-0.15, -0.1) is 10.2 Å². The highest BCUT2D eigenvalue weighted by atomic mass is 16.4. The van der Waals surface area contributed by atoms with E-state index in [0.717, 1.165) is 25.7 Å². The van der Waals surface area contributed by atoms with Gasteiger partial charge in [0.15, 0.2) is 5.76 Å². The van der Waals surface area contributed by atoms with Crippen LogP contribution < -0.4 is 5.32 Å². The van der Waals surface area contributed by atoms with Gasteiger partial charge in [0.1, 0.15) is 5.54 Å². The molecular weight excluding hydrogens is 402 g/mol. The van der Waals surface area contributed by atoms with E-state index in [4.69, 9.17) is 8.83 Å². The maximum Gasteiger partial charge on any atom is 0.325 e. The summed E-state index contributed by atoms with van der Waals surface area (Å²) in [4.78, 5) is 40.9. The van der Waals surface area contributed by atoms with Gasteiger partial charge in [-0.05, 0) is 31.4 Å². The molecule has 0 aromatic carbocycles. The van der Waals surface area contributed by atoms with Crippen LogP contribution in [0.25, 0.3) is 11.7 Å². The van der Waals surface area contributed by atoms with E-state index in [1.165, 1.54) is 11.2 Å². The number of imide groups is 1. The second-order valence-electron chi connectivity index (χ2n) is 8.07. The van der Waals surface area contributed by atoms with Crippen molar-refractivity contribution >= 4 is 17.8 Å². The van der Waals surface area contributed by atoms with Crippen LogP contribution in [0.3, 0.4) is 0 Å². The number of furan rings is 1. The third-order valence-electron chi connectivity index (χ3n) is 5.87. The molecule has 166 valence electrons. The highest BCUT2D eigenvalue weighted by Crippen LogP contribution is 2.33. The molecule has 0 atom stereocenters. The van der Waals surface area contributed by atoms with Crippen molar-refractivity contribution in [1.29, 1.82) is 0 Å². The predicted octanol–water partition coefficient (Wildman–Crippen LogP) is 2.71. The molecule has 1 aliphatic heterocycles. The number of urea groups is 1. The molecule has 31 heavy (non-hydrogen) atoms. The smallest absolute Gasteiger partial charge is 0.325 e. The SMILES string of the molecule is CCCN(Cc1nnc(-c2ccco2)o1)C(=O)CCN1C(=O)NC2(CCCCC2)C1=O. The fourth-order valence-electron chi connectivity index (χ4n) is 4.28. The van der Waals surface area contributed by atoms with Crippen molar-refractivity contribution in [2.45, 2.75) is 64.0 Å². The summed E-state index contributed by atoms with van der Waals surface area (Å²) in [6.45, 7) is 2.69. The van der Waals surface area contributed by atoms with Gasteiger partial charge in [0.05, 0.1) is 12.8 Å². The molecule has 0 radical (unpaired) electrons. The summed E-state index contributed by atoms with van der Waals surface area (Å²) in [5.74, 6) is 0.629. The maximum atomic E-state index is 12.9. The Morgan fingerprint density at radius 1 is 1.26 bits per heavy atom. The van der Waals surface area contributed by atoms with Gasteiger partial charge in [0.25, 0.3) is 11.8 Å². The molecule has 0 bridgehead atoms. The summed E-state index contributed by atoms with van der Waals surface area (Å²) in [5.41, 5.74) is -0.770. The molecule has 1 saturated carbocycles. The Labute approximate surface area is 180 Å². The van der Waals surface area contributed by atoms with Gasteiger partial charge in [0, 0.05) is 19.5 Å². The summed E-state index contributed by atoms with van der Waals surface area (Å²) in [7, 11) is 0. The van der Waals surface area contributed by atoms with Gasteiger partial charge < -0.3 is 19.1 Å². The number of nitrogens with zero attached hydrogens (tertiary/aromatic N) is 4. The Balaban J connectivity index is 1.36. The zero-order valence-corrected chi connectivity index (χ0v) is 17.6. The molecule has 2 aromatic rings. The lowest BCUT2D eigenvalue weighted by atomic mass is 9.82. The molecule has 2 aliphatic rings. The number of amides is 4. The zero-order chi connectivity index (χ0) is 21.8. The molecule has 2 aromatic heterocycles. The number of rotatable bonds is 8. The van der Waals surface area contributed by atoms with E-state index in [0.29, 0.717) is 31.0 Å². The van der Waals surface area contributed by atoms with E-state index in [-0.39, 0.29) is 37.2 Å². The predicted molar refractivity (Wildman–Crippen MR) is 108 cm³/mol. The summed E-state index contributed by atoms with van der Waals surface area (Å²) >= 11 is 0. The second kappa shape index (κ2) is 8.91. The first-order valence-corrected chi connectivity index (χ1v) is 10.8. The third kappa shape index (κ3) is 4.33. The van der Waals surface area contributed by atoms with Crippen LogP contribution in [0.1, 0.15) is 57.8 Å². The number of nitrogens with one attached hydrogen (secondary N) is 1.